The van der Waals surface area contributed by atoms with E-state index in [2.05, 4.69) is 10.3 Å². The summed E-state index contributed by atoms with van der Waals surface area (Å²) < 4.78 is 12.9. The number of aromatic nitrogens is 2. The third-order valence-electron chi connectivity index (χ3n) is 5.89. The first-order valence-corrected chi connectivity index (χ1v) is 11.7. The van der Waals surface area contributed by atoms with Gasteiger partial charge in [0.25, 0.3) is 11.5 Å². The number of rotatable bonds is 7. The van der Waals surface area contributed by atoms with E-state index >= 15 is 0 Å². The summed E-state index contributed by atoms with van der Waals surface area (Å²) in [6.45, 7) is 8.10. The van der Waals surface area contributed by atoms with Gasteiger partial charge in [-0.15, -0.1) is 0 Å². The number of nitrogens with one attached hydrogen (secondary N) is 1. The maximum atomic E-state index is 13.5. The molecule has 1 N–H and O–H groups in total. The number of hydrogen-bond acceptors (Lipinski definition) is 6. The zero-order chi connectivity index (χ0) is 26.5. The maximum absolute atomic E-state index is 13.5. The van der Waals surface area contributed by atoms with Crippen molar-refractivity contribution in [1.82, 2.24) is 9.38 Å². The number of nitriles is 1. The monoisotopic (exact) mass is 494 g/mol. The van der Waals surface area contributed by atoms with E-state index in [1.54, 1.807) is 42.6 Å². The van der Waals surface area contributed by atoms with Crippen LogP contribution in [0.5, 0.6) is 17.4 Å². The molecule has 2 heterocycles. The number of anilines is 1. The zero-order valence-corrected chi connectivity index (χ0v) is 21.0. The Bertz CT molecular complexity index is 1610. The average molecular weight is 495 g/mol. The van der Waals surface area contributed by atoms with E-state index in [1.807, 2.05) is 52.0 Å². The van der Waals surface area contributed by atoms with E-state index in [4.69, 9.17) is 9.47 Å². The molecule has 37 heavy (non-hydrogen) atoms. The molecule has 0 saturated carbocycles. The second-order valence-corrected chi connectivity index (χ2v) is 8.40. The number of hydrogen-bond donors (Lipinski definition) is 1. The third-order valence-corrected chi connectivity index (χ3v) is 5.89. The molecule has 0 fully saturated rings. The Morgan fingerprint density at radius 2 is 1.81 bits per heavy atom. The average Bonchev–Trinajstić information content (AvgIpc) is 2.88. The molecule has 0 unspecified atom stereocenters. The third kappa shape index (κ3) is 5.36. The van der Waals surface area contributed by atoms with Gasteiger partial charge in [-0.25, -0.2) is 0 Å². The van der Waals surface area contributed by atoms with Gasteiger partial charge >= 0.3 is 0 Å². The Kier molecular flexibility index (Phi) is 7.35. The van der Waals surface area contributed by atoms with Crippen LogP contribution in [0.1, 0.15) is 29.2 Å². The van der Waals surface area contributed by atoms with Crippen LogP contribution < -0.4 is 20.3 Å². The molecule has 186 valence electrons. The number of aryl methyl sites for hydroxylation is 2. The van der Waals surface area contributed by atoms with Crippen LogP contribution in [0.15, 0.2) is 71.2 Å². The van der Waals surface area contributed by atoms with Crippen LogP contribution in [-0.4, -0.2) is 21.9 Å². The SMILES string of the molecule is CCOc1ccc(NC(=O)/C(C#N)=C/c2c(Oc3cccc(C)c3C)nc3c(C)cccn3c2=O)cc1. The van der Waals surface area contributed by atoms with Crippen molar-refractivity contribution in [2.45, 2.75) is 27.7 Å². The molecule has 0 aliphatic heterocycles. The van der Waals surface area contributed by atoms with Crippen molar-refractivity contribution in [3.63, 3.8) is 0 Å². The van der Waals surface area contributed by atoms with E-state index < -0.39 is 11.5 Å². The summed E-state index contributed by atoms with van der Waals surface area (Å²) in [6.07, 6.45) is 2.80. The number of nitrogens with zero attached hydrogens (tertiary/aromatic N) is 3. The minimum absolute atomic E-state index is 0.00890. The highest BCUT2D eigenvalue weighted by molar-refractivity contribution is 6.09. The zero-order valence-electron chi connectivity index (χ0n) is 21.0. The minimum atomic E-state index is -0.668. The van der Waals surface area contributed by atoms with Crippen LogP contribution in [0.2, 0.25) is 0 Å². The molecule has 0 radical (unpaired) electrons. The molecule has 1 amide bonds. The topological polar surface area (TPSA) is 106 Å². The number of amides is 1. The lowest BCUT2D eigenvalue weighted by molar-refractivity contribution is -0.112. The fourth-order valence-electron chi connectivity index (χ4n) is 3.72. The van der Waals surface area contributed by atoms with Crippen molar-refractivity contribution < 1.29 is 14.3 Å². The smallest absolute Gasteiger partial charge is 0.269 e. The fraction of sp³-hybridized carbons (Fsp3) is 0.172. The second-order valence-electron chi connectivity index (χ2n) is 8.40. The lowest BCUT2D eigenvalue weighted by Gasteiger charge is -2.14. The van der Waals surface area contributed by atoms with Gasteiger partial charge < -0.3 is 14.8 Å². The van der Waals surface area contributed by atoms with Gasteiger partial charge in [0.15, 0.2) is 0 Å². The van der Waals surface area contributed by atoms with Gasteiger partial charge in [-0.05, 0) is 86.9 Å². The molecule has 0 aliphatic carbocycles. The lowest BCUT2D eigenvalue weighted by atomic mass is 10.1. The van der Waals surface area contributed by atoms with Crippen LogP contribution >= 0.6 is 0 Å². The van der Waals surface area contributed by atoms with E-state index in [0.717, 1.165) is 16.7 Å². The molecule has 4 rings (SSSR count). The van der Waals surface area contributed by atoms with Crippen molar-refractivity contribution >= 4 is 23.3 Å². The van der Waals surface area contributed by atoms with Crippen LogP contribution in [0.4, 0.5) is 5.69 Å². The summed E-state index contributed by atoms with van der Waals surface area (Å²) in [5.41, 5.74) is 2.82. The molecule has 8 nitrogen and oxygen atoms in total. The van der Waals surface area contributed by atoms with Gasteiger partial charge in [-0.1, -0.05) is 18.2 Å². The number of pyridine rings is 1. The first kappa shape index (κ1) is 25.2. The maximum Gasteiger partial charge on any atom is 0.269 e. The molecular weight excluding hydrogens is 468 g/mol. The molecule has 4 aromatic rings. The molecule has 0 aliphatic rings. The van der Waals surface area contributed by atoms with Crippen molar-refractivity contribution in [3.05, 3.63) is 99.0 Å². The Hall–Kier alpha value is -4.90. The molecule has 8 heteroatoms. The first-order chi connectivity index (χ1) is 17.8. The molecule has 0 saturated heterocycles. The van der Waals surface area contributed by atoms with Gasteiger partial charge in [-0.2, -0.15) is 10.2 Å². The molecule has 0 atom stereocenters. The quantitative estimate of drug-likeness (QED) is 0.274. The van der Waals surface area contributed by atoms with E-state index in [-0.39, 0.29) is 17.0 Å². The molecular formula is C29H26N4O4. The number of benzene rings is 2. The van der Waals surface area contributed by atoms with Gasteiger partial charge in [-0.3, -0.25) is 14.0 Å². The highest BCUT2D eigenvalue weighted by atomic mass is 16.5. The van der Waals surface area contributed by atoms with Gasteiger partial charge in [0.1, 0.15) is 34.4 Å². The summed E-state index contributed by atoms with van der Waals surface area (Å²) in [7, 11) is 0. The Labute approximate surface area is 214 Å². The number of carbonyl (C=O) groups is 1. The standard InChI is InChI=1S/C29H26N4O4/c1-5-36-23-13-11-22(12-14-23)31-27(34)21(17-30)16-24-28(37-25-10-6-8-18(2)20(25)4)32-26-19(3)9-7-15-33(26)29(24)35/h6-16H,5H2,1-4H3,(H,31,34)/b21-16+. The summed E-state index contributed by atoms with van der Waals surface area (Å²) in [5, 5.41) is 12.5. The molecule has 0 bridgehead atoms. The van der Waals surface area contributed by atoms with E-state index in [0.29, 0.717) is 29.4 Å². The van der Waals surface area contributed by atoms with Crippen LogP contribution in [-0.2, 0) is 4.79 Å². The summed E-state index contributed by atoms with van der Waals surface area (Å²) in [6, 6.07) is 17.8. The fourth-order valence-corrected chi connectivity index (χ4v) is 3.72. The Morgan fingerprint density at radius 3 is 2.51 bits per heavy atom. The van der Waals surface area contributed by atoms with Crippen molar-refractivity contribution in [3.8, 4) is 23.4 Å². The largest absolute Gasteiger partial charge is 0.494 e. The van der Waals surface area contributed by atoms with E-state index in [9.17, 15) is 14.9 Å². The Balaban J connectivity index is 1.79. The predicted octanol–water partition coefficient (Wildman–Crippen LogP) is 5.36. The lowest BCUT2D eigenvalue weighted by Crippen LogP contribution is -2.21. The Morgan fingerprint density at radius 1 is 1.08 bits per heavy atom. The normalized spacial score (nSPS) is 11.2. The summed E-state index contributed by atoms with van der Waals surface area (Å²) >= 11 is 0. The molecule has 2 aromatic heterocycles. The van der Waals surface area contributed by atoms with Gasteiger partial charge in [0, 0.05) is 11.9 Å². The first-order valence-electron chi connectivity index (χ1n) is 11.7. The van der Waals surface area contributed by atoms with Crippen LogP contribution in [0.3, 0.4) is 0 Å². The highest BCUT2D eigenvalue weighted by Gasteiger charge is 2.19. The molecule has 0 spiro atoms. The van der Waals surface area contributed by atoms with Crippen molar-refractivity contribution in [2.24, 2.45) is 0 Å². The van der Waals surface area contributed by atoms with Crippen molar-refractivity contribution in [2.75, 3.05) is 11.9 Å². The summed E-state index contributed by atoms with van der Waals surface area (Å²) in [5.74, 6) is 0.528. The van der Waals surface area contributed by atoms with E-state index in [1.165, 1.54) is 10.5 Å². The van der Waals surface area contributed by atoms with Crippen LogP contribution in [0, 0.1) is 32.1 Å². The molecule has 2 aromatic carbocycles. The van der Waals surface area contributed by atoms with Crippen molar-refractivity contribution in [1.29, 1.82) is 5.26 Å². The number of ether oxygens (including phenoxy) is 2. The number of carbonyl (C=O) groups excluding carboxylic acids is 1. The minimum Gasteiger partial charge on any atom is -0.494 e. The second kappa shape index (κ2) is 10.8. The summed E-state index contributed by atoms with van der Waals surface area (Å²) in [4.78, 5) is 31.1. The van der Waals surface area contributed by atoms with Gasteiger partial charge in [0.05, 0.1) is 6.61 Å². The number of fused-ring (bicyclic) bond motifs is 1. The predicted molar refractivity (Wildman–Crippen MR) is 142 cm³/mol. The highest BCUT2D eigenvalue weighted by Crippen LogP contribution is 2.29. The van der Waals surface area contributed by atoms with Crippen LogP contribution in [0.25, 0.3) is 11.7 Å². The van der Waals surface area contributed by atoms with Gasteiger partial charge in [0.2, 0.25) is 5.88 Å².